The van der Waals surface area contributed by atoms with Crippen LogP contribution in [0.1, 0.15) is 12.8 Å². The van der Waals surface area contributed by atoms with Crippen LogP contribution in [-0.4, -0.2) is 12.5 Å². The van der Waals surface area contributed by atoms with Gasteiger partial charge in [-0.3, -0.25) is 0 Å². The van der Waals surface area contributed by atoms with Crippen molar-refractivity contribution in [3.8, 4) is 0 Å². The average Bonchev–Trinajstić information content (AvgIpc) is 1.61. The lowest BCUT2D eigenvalue weighted by atomic mass is 9.81. The molecule has 0 radical (unpaired) electrons. The molecule has 0 spiro atoms. The quantitative estimate of drug-likeness (QED) is 0.550. The maximum Gasteiger partial charge on any atom is 0.242 e. The van der Waals surface area contributed by atoms with E-state index < -0.39 is 12.3 Å². The van der Waals surface area contributed by atoms with Crippen LogP contribution >= 0.6 is 0 Å². The number of halogens is 2. The maximum absolute atomic E-state index is 11.7. The van der Waals surface area contributed by atoms with Crippen LogP contribution in [0.15, 0.2) is 0 Å². The molecule has 0 aliphatic heterocycles. The molecule has 1 aliphatic carbocycles. The normalized spacial score (nSPS) is 37.5. The van der Waals surface area contributed by atoms with E-state index in [1.54, 1.807) is 0 Å². The van der Waals surface area contributed by atoms with Crippen LogP contribution in [0, 0.1) is 5.92 Å². The molecular weight excluding hydrogens is 112 g/mol. The molecule has 3 heteroatoms. The van der Waals surface area contributed by atoms with Crippen LogP contribution in [0.2, 0.25) is 0 Å². The van der Waals surface area contributed by atoms with Crippen molar-refractivity contribution >= 4 is 0 Å². The van der Waals surface area contributed by atoms with Gasteiger partial charge in [0.15, 0.2) is 0 Å². The number of alkyl halides is 2. The zero-order valence-corrected chi connectivity index (χ0v) is 4.48. The minimum absolute atomic E-state index is 0.227. The first-order valence-corrected chi connectivity index (χ1v) is 2.75. The lowest BCUT2D eigenvalue weighted by Crippen LogP contribution is -2.43. The Morgan fingerprint density at radius 1 is 1.38 bits per heavy atom. The Morgan fingerprint density at radius 2 is 2.00 bits per heavy atom. The molecule has 8 heavy (non-hydrogen) atoms. The summed E-state index contributed by atoms with van der Waals surface area (Å²) >= 11 is 0. The van der Waals surface area contributed by atoms with E-state index in [1.165, 1.54) is 0 Å². The van der Waals surface area contributed by atoms with E-state index in [-0.39, 0.29) is 6.04 Å². The molecule has 0 saturated heterocycles. The molecule has 0 amide bonds. The molecule has 0 aromatic rings. The van der Waals surface area contributed by atoms with Gasteiger partial charge in [0.1, 0.15) is 0 Å². The van der Waals surface area contributed by atoms with E-state index in [0.29, 0.717) is 6.42 Å². The first-order chi connectivity index (χ1) is 3.72. The Morgan fingerprint density at radius 3 is 2.00 bits per heavy atom. The lowest BCUT2D eigenvalue weighted by Gasteiger charge is -2.32. The highest BCUT2D eigenvalue weighted by Crippen LogP contribution is 2.30. The molecule has 2 N–H and O–H groups in total. The van der Waals surface area contributed by atoms with Crippen molar-refractivity contribution in [2.24, 2.45) is 11.7 Å². The number of nitrogens with two attached hydrogens (primary N) is 1. The minimum atomic E-state index is -2.20. The van der Waals surface area contributed by atoms with Gasteiger partial charge in [-0.15, -0.1) is 0 Å². The molecule has 1 aliphatic rings. The van der Waals surface area contributed by atoms with Crippen LogP contribution < -0.4 is 5.73 Å². The fourth-order valence-electron chi connectivity index (χ4n) is 0.864. The molecule has 1 rings (SSSR count). The van der Waals surface area contributed by atoms with Gasteiger partial charge in [0, 0.05) is 12.0 Å². The minimum Gasteiger partial charge on any atom is -0.327 e. The van der Waals surface area contributed by atoms with E-state index in [1.807, 2.05) is 0 Å². The fourth-order valence-corrected chi connectivity index (χ4v) is 0.864. The van der Waals surface area contributed by atoms with Crippen molar-refractivity contribution in [1.29, 1.82) is 0 Å². The van der Waals surface area contributed by atoms with Gasteiger partial charge < -0.3 is 5.73 Å². The molecule has 48 valence electrons. The summed E-state index contributed by atoms with van der Waals surface area (Å²) in [5.41, 5.74) is 5.24. The number of hydrogen-bond acceptors (Lipinski definition) is 1. The summed E-state index contributed by atoms with van der Waals surface area (Å²) in [6.45, 7) is 0. The second-order valence-electron chi connectivity index (χ2n) is 2.24. The third-order valence-electron chi connectivity index (χ3n) is 1.71. The Hall–Kier alpha value is -0.180. The van der Waals surface area contributed by atoms with Gasteiger partial charge >= 0.3 is 0 Å². The van der Waals surface area contributed by atoms with E-state index in [4.69, 9.17) is 5.73 Å². The van der Waals surface area contributed by atoms with Gasteiger partial charge in [0.25, 0.3) is 0 Å². The number of hydrogen-bond donors (Lipinski definition) is 1. The highest BCUT2D eigenvalue weighted by molar-refractivity contribution is 4.84. The third kappa shape index (κ3) is 0.823. The molecule has 0 aromatic carbocycles. The lowest BCUT2D eigenvalue weighted by molar-refractivity contribution is 0.0193. The monoisotopic (exact) mass is 121 g/mol. The summed E-state index contributed by atoms with van der Waals surface area (Å²) in [4.78, 5) is 0. The van der Waals surface area contributed by atoms with Crippen molar-refractivity contribution in [3.63, 3.8) is 0 Å². The Kier molecular flexibility index (Phi) is 1.47. The zero-order chi connectivity index (χ0) is 6.15. The van der Waals surface area contributed by atoms with Crippen LogP contribution in [0.3, 0.4) is 0 Å². The Balaban J connectivity index is 2.26. The second kappa shape index (κ2) is 1.97. The summed E-state index contributed by atoms with van der Waals surface area (Å²) in [7, 11) is 0. The average molecular weight is 121 g/mol. The molecule has 0 aromatic heterocycles. The largest absolute Gasteiger partial charge is 0.327 e. The summed E-state index contributed by atoms with van der Waals surface area (Å²) in [5, 5.41) is 0. The Bertz CT molecular complexity index is 79.7. The first-order valence-electron chi connectivity index (χ1n) is 2.75. The fraction of sp³-hybridized carbons (Fsp3) is 1.00. The first kappa shape index (κ1) is 5.95. The summed E-state index contributed by atoms with van der Waals surface area (Å²) in [6, 6.07) is -0.227. The highest BCUT2D eigenvalue weighted by atomic mass is 19.3. The van der Waals surface area contributed by atoms with E-state index in [0.717, 1.165) is 6.42 Å². The molecule has 2 atom stereocenters. The van der Waals surface area contributed by atoms with E-state index in [2.05, 4.69) is 0 Å². The highest BCUT2D eigenvalue weighted by Gasteiger charge is 2.34. The van der Waals surface area contributed by atoms with Gasteiger partial charge in [-0.2, -0.15) is 0 Å². The SMILES string of the molecule is N[C@H]1CC[C@@H]1C(F)F. The standard InChI is InChI=1S/C5H9F2N/c6-5(7)3-1-2-4(3)8/h3-5H,1-2,8H2/t3-,4-/m0/s1. The second-order valence-corrected chi connectivity index (χ2v) is 2.24. The van der Waals surface area contributed by atoms with Crippen LogP contribution in [0.25, 0.3) is 0 Å². The summed E-state index contributed by atoms with van der Waals surface area (Å²) in [6.07, 6.45) is -0.813. The van der Waals surface area contributed by atoms with Crippen molar-refractivity contribution in [3.05, 3.63) is 0 Å². The van der Waals surface area contributed by atoms with Crippen molar-refractivity contribution < 1.29 is 8.78 Å². The molecule has 0 bridgehead atoms. The smallest absolute Gasteiger partial charge is 0.242 e. The van der Waals surface area contributed by atoms with Gasteiger partial charge in [0.2, 0.25) is 6.43 Å². The predicted molar refractivity (Wildman–Crippen MR) is 26.7 cm³/mol. The topological polar surface area (TPSA) is 26.0 Å². The van der Waals surface area contributed by atoms with Gasteiger partial charge in [-0.1, -0.05) is 0 Å². The summed E-state index contributed by atoms with van der Waals surface area (Å²) in [5.74, 6) is -0.505. The van der Waals surface area contributed by atoms with Crippen LogP contribution in [0.4, 0.5) is 8.78 Å². The van der Waals surface area contributed by atoms with Crippen LogP contribution in [0.5, 0.6) is 0 Å². The third-order valence-corrected chi connectivity index (χ3v) is 1.71. The maximum atomic E-state index is 11.7. The van der Waals surface area contributed by atoms with E-state index >= 15 is 0 Å². The summed E-state index contributed by atoms with van der Waals surface area (Å²) < 4.78 is 23.3. The molecule has 0 unspecified atom stereocenters. The van der Waals surface area contributed by atoms with Gasteiger partial charge in [-0.05, 0) is 12.8 Å². The zero-order valence-electron chi connectivity index (χ0n) is 4.48. The Labute approximate surface area is 46.9 Å². The van der Waals surface area contributed by atoms with Crippen LogP contribution in [-0.2, 0) is 0 Å². The molecule has 1 fully saturated rings. The van der Waals surface area contributed by atoms with Crippen molar-refractivity contribution in [1.82, 2.24) is 0 Å². The number of rotatable bonds is 1. The van der Waals surface area contributed by atoms with Gasteiger partial charge in [0.05, 0.1) is 0 Å². The van der Waals surface area contributed by atoms with Gasteiger partial charge in [-0.25, -0.2) is 8.78 Å². The molecular formula is C5H9F2N. The molecule has 1 nitrogen and oxygen atoms in total. The van der Waals surface area contributed by atoms with E-state index in [9.17, 15) is 8.78 Å². The van der Waals surface area contributed by atoms with Crippen molar-refractivity contribution in [2.75, 3.05) is 0 Å². The molecule has 0 heterocycles. The van der Waals surface area contributed by atoms with Crippen molar-refractivity contribution in [2.45, 2.75) is 25.3 Å². The molecule has 1 saturated carbocycles. The predicted octanol–water partition coefficient (Wildman–Crippen LogP) is 0.989.